The molecule has 0 aliphatic carbocycles. The van der Waals surface area contributed by atoms with Crippen LogP contribution in [-0.2, 0) is 6.42 Å². The number of hydrogen-bond donors (Lipinski definition) is 0. The maximum Gasteiger partial charge on any atom is 0.0599 e. The van der Waals surface area contributed by atoms with Crippen molar-refractivity contribution in [1.29, 1.82) is 0 Å². The van der Waals surface area contributed by atoms with Crippen molar-refractivity contribution in [3.05, 3.63) is 58.6 Å². The van der Waals surface area contributed by atoms with E-state index in [1.54, 1.807) is 0 Å². The van der Waals surface area contributed by atoms with Gasteiger partial charge in [0.25, 0.3) is 0 Å². The van der Waals surface area contributed by atoms with Gasteiger partial charge in [-0.05, 0) is 41.8 Å². The Labute approximate surface area is 159 Å². The van der Waals surface area contributed by atoms with Gasteiger partial charge in [-0.15, -0.1) is 6.42 Å². The van der Waals surface area contributed by atoms with E-state index in [1.165, 1.54) is 20.9 Å². The standard InChI is InChI=1S/C21H21ClN2S/c1-2-9-23-10-12-24(13-11-23)19-14-16-5-3-4-6-20(16)25-21-8-7-17(22)15-18(19)21/h1,3-8,15,19H,9-14H2. The Morgan fingerprint density at radius 2 is 1.88 bits per heavy atom. The molecule has 2 aromatic rings. The number of rotatable bonds is 2. The summed E-state index contributed by atoms with van der Waals surface area (Å²) in [5.74, 6) is 2.76. The lowest BCUT2D eigenvalue weighted by Gasteiger charge is -2.39. The van der Waals surface area contributed by atoms with Crippen molar-refractivity contribution in [3.8, 4) is 12.3 Å². The summed E-state index contributed by atoms with van der Waals surface area (Å²) in [6.45, 7) is 4.91. The molecule has 25 heavy (non-hydrogen) atoms. The lowest BCUT2D eigenvalue weighted by Crippen LogP contribution is -2.48. The van der Waals surface area contributed by atoms with Crippen LogP contribution in [0.1, 0.15) is 17.2 Å². The fourth-order valence-electron chi connectivity index (χ4n) is 3.77. The molecule has 4 heteroatoms. The molecule has 0 spiro atoms. The van der Waals surface area contributed by atoms with E-state index in [9.17, 15) is 0 Å². The number of hydrogen-bond acceptors (Lipinski definition) is 3. The van der Waals surface area contributed by atoms with Crippen LogP contribution in [0.25, 0.3) is 0 Å². The fraction of sp³-hybridized carbons (Fsp3) is 0.333. The lowest BCUT2D eigenvalue weighted by molar-refractivity contribution is 0.103. The Kier molecular flexibility index (Phi) is 5.05. The molecule has 0 N–H and O–H groups in total. The minimum atomic E-state index is 0.373. The molecule has 2 heterocycles. The van der Waals surface area contributed by atoms with Crippen molar-refractivity contribution in [2.75, 3.05) is 32.7 Å². The van der Waals surface area contributed by atoms with E-state index < -0.39 is 0 Å². The summed E-state index contributed by atoms with van der Waals surface area (Å²) in [7, 11) is 0. The molecule has 1 unspecified atom stereocenters. The predicted molar refractivity (Wildman–Crippen MR) is 105 cm³/mol. The fourth-order valence-corrected chi connectivity index (χ4v) is 5.06. The average Bonchev–Trinajstić information content (AvgIpc) is 2.79. The van der Waals surface area contributed by atoms with Gasteiger partial charge >= 0.3 is 0 Å². The molecule has 0 bridgehead atoms. The zero-order valence-corrected chi connectivity index (χ0v) is 15.7. The van der Waals surface area contributed by atoms with Crippen LogP contribution in [0.5, 0.6) is 0 Å². The third-order valence-electron chi connectivity index (χ3n) is 5.10. The summed E-state index contributed by atoms with van der Waals surface area (Å²) < 4.78 is 0. The zero-order valence-electron chi connectivity index (χ0n) is 14.1. The monoisotopic (exact) mass is 368 g/mol. The maximum atomic E-state index is 6.35. The van der Waals surface area contributed by atoms with Gasteiger partial charge in [0.1, 0.15) is 0 Å². The van der Waals surface area contributed by atoms with Crippen molar-refractivity contribution < 1.29 is 0 Å². The number of terminal acetylenes is 1. The molecule has 2 aromatic carbocycles. The molecular weight excluding hydrogens is 348 g/mol. The molecule has 4 rings (SSSR count). The molecule has 2 aliphatic rings. The van der Waals surface area contributed by atoms with Crippen LogP contribution in [0.4, 0.5) is 0 Å². The highest BCUT2D eigenvalue weighted by Crippen LogP contribution is 2.43. The zero-order chi connectivity index (χ0) is 17.2. The molecule has 0 aromatic heterocycles. The van der Waals surface area contributed by atoms with Crippen molar-refractivity contribution in [2.24, 2.45) is 0 Å². The highest BCUT2D eigenvalue weighted by Gasteiger charge is 2.29. The second-order valence-corrected chi connectivity index (χ2v) is 8.15. The van der Waals surface area contributed by atoms with E-state index in [-0.39, 0.29) is 0 Å². The van der Waals surface area contributed by atoms with Gasteiger partial charge in [0.05, 0.1) is 6.54 Å². The molecule has 2 aliphatic heterocycles. The van der Waals surface area contributed by atoms with Gasteiger partial charge in [0, 0.05) is 47.0 Å². The third-order valence-corrected chi connectivity index (χ3v) is 6.54. The number of fused-ring (bicyclic) bond motifs is 2. The summed E-state index contributed by atoms with van der Waals surface area (Å²) in [6, 6.07) is 15.5. The topological polar surface area (TPSA) is 6.48 Å². The van der Waals surface area contributed by atoms with Crippen molar-refractivity contribution >= 4 is 23.4 Å². The predicted octanol–water partition coefficient (Wildman–Crippen LogP) is 4.34. The lowest BCUT2D eigenvalue weighted by atomic mass is 9.96. The third kappa shape index (κ3) is 3.59. The quantitative estimate of drug-likeness (QED) is 0.728. The van der Waals surface area contributed by atoms with E-state index in [0.717, 1.165) is 44.2 Å². The number of halogens is 1. The number of benzene rings is 2. The summed E-state index contributed by atoms with van der Waals surface area (Å²) in [4.78, 5) is 7.64. The van der Waals surface area contributed by atoms with Crippen LogP contribution in [0, 0.1) is 12.3 Å². The van der Waals surface area contributed by atoms with E-state index in [2.05, 4.69) is 52.1 Å². The first-order valence-electron chi connectivity index (χ1n) is 8.69. The Morgan fingerprint density at radius 3 is 2.68 bits per heavy atom. The summed E-state index contributed by atoms with van der Waals surface area (Å²) in [5.41, 5.74) is 2.79. The van der Waals surface area contributed by atoms with Crippen molar-refractivity contribution in [2.45, 2.75) is 22.3 Å². The summed E-state index contributed by atoms with van der Waals surface area (Å²) in [5, 5.41) is 0.821. The van der Waals surface area contributed by atoms with Crippen LogP contribution in [0.15, 0.2) is 52.3 Å². The Bertz CT molecular complexity index is 806. The van der Waals surface area contributed by atoms with Gasteiger partial charge in [-0.3, -0.25) is 9.80 Å². The van der Waals surface area contributed by atoms with Gasteiger partial charge in [0.2, 0.25) is 0 Å². The van der Waals surface area contributed by atoms with Crippen molar-refractivity contribution in [1.82, 2.24) is 9.80 Å². The van der Waals surface area contributed by atoms with Gasteiger partial charge < -0.3 is 0 Å². The Morgan fingerprint density at radius 1 is 1.08 bits per heavy atom. The minimum Gasteiger partial charge on any atom is -0.293 e. The molecule has 2 nitrogen and oxygen atoms in total. The van der Waals surface area contributed by atoms with E-state index in [0.29, 0.717) is 6.04 Å². The minimum absolute atomic E-state index is 0.373. The second kappa shape index (κ2) is 7.43. The van der Waals surface area contributed by atoms with E-state index in [4.69, 9.17) is 18.0 Å². The smallest absolute Gasteiger partial charge is 0.0599 e. The van der Waals surface area contributed by atoms with Gasteiger partial charge in [0.15, 0.2) is 0 Å². The van der Waals surface area contributed by atoms with Crippen LogP contribution >= 0.6 is 23.4 Å². The average molecular weight is 369 g/mol. The summed E-state index contributed by atoms with van der Waals surface area (Å²) in [6.07, 6.45) is 6.50. The molecule has 0 radical (unpaired) electrons. The molecule has 128 valence electrons. The highest BCUT2D eigenvalue weighted by atomic mass is 35.5. The maximum absolute atomic E-state index is 6.35. The second-order valence-electron chi connectivity index (χ2n) is 6.63. The first kappa shape index (κ1) is 17.0. The van der Waals surface area contributed by atoms with Crippen LogP contribution in [0.3, 0.4) is 0 Å². The Hall–Kier alpha value is -1.44. The van der Waals surface area contributed by atoms with Gasteiger partial charge in [-0.1, -0.05) is 47.5 Å². The van der Waals surface area contributed by atoms with E-state index in [1.807, 2.05) is 17.8 Å². The number of piperazine rings is 1. The first-order chi connectivity index (χ1) is 12.2. The van der Waals surface area contributed by atoms with Crippen LogP contribution in [0.2, 0.25) is 5.02 Å². The SMILES string of the molecule is C#CCN1CCN(C2Cc3ccccc3Sc3ccc(Cl)cc32)CC1. The van der Waals surface area contributed by atoms with Crippen LogP contribution < -0.4 is 0 Å². The van der Waals surface area contributed by atoms with E-state index >= 15 is 0 Å². The highest BCUT2D eigenvalue weighted by molar-refractivity contribution is 7.99. The normalized spacial score (nSPS) is 21.0. The van der Waals surface area contributed by atoms with Gasteiger partial charge in [-0.2, -0.15) is 0 Å². The van der Waals surface area contributed by atoms with Crippen LogP contribution in [-0.4, -0.2) is 42.5 Å². The Balaban J connectivity index is 1.67. The molecule has 1 saturated heterocycles. The first-order valence-corrected chi connectivity index (χ1v) is 9.89. The van der Waals surface area contributed by atoms with Gasteiger partial charge in [-0.25, -0.2) is 0 Å². The molecular formula is C21H21ClN2S. The summed E-state index contributed by atoms with van der Waals surface area (Å²) >= 11 is 8.22. The molecule has 0 saturated carbocycles. The largest absolute Gasteiger partial charge is 0.293 e. The number of nitrogens with zero attached hydrogens (tertiary/aromatic N) is 2. The van der Waals surface area contributed by atoms with Crippen molar-refractivity contribution in [3.63, 3.8) is 0 Å². The molecule has 1 fully saturated rings. The molecule has 1 atom stereocenters. The molecule has 0 amide bonds.